The van der Waals surface area contributed by atoms with Crippen molar-refractivity contribution in [2.45, 2.75) is 45.3 Å². The van der Waals surface area contributed by atoms with Crippen LogP contribution in [0.3, 0.4) is 0 Å². The van der Waals surface area contributed by atoms with Crippen molar-refractivity contribution >= 4 is 0 Å². The predicted molar refractivity (Wildman–Crippen MR) is 83.1 cm³/mol. The van der Waals surface area contributed by atoms with E-state index in [9.17, 15) is 0 Å². The minimum atomic E-state index is -0.126. The Bertz CT molecular complexity index is 284. The van der Waals surface area contributed by atoms with Crippen molar-refractivity contribution in [3.05, 3.63) is 48.6 Å². The van der Waals surface area contributed by atoms with Gasteiger partial charge in [-0.05, 0) is 25.7 Å². The zero-order valence-corrected chi connectivity index (χ0v) is 12.5. The van der Waals surface area contributed by atoms with Gasteiger partial charge in [-0.3, -0.25) is 0 Å². The van der Waals surface area contributed by atoms with Crippen LogP contribution in [0.15, 0.2) is 48.6 Å². The van der Waals surface area contributed by atoms with E-state index in [0.717, 1.165) is 32.1 Å². The predicted octanol–water partition coefficient (Wildman–Crippen LogP) is 4.80. The van der Waals surface area contributed by atoms with Gasteiger partial charge in [0.2, 0.25) is 0 Å². The molecule has 0 atom stereocenters. The molecule has 0 bridgehead atoms. The lowest BCUT2D eigenvalue weighted by molar-refractivity contribution is -0.0986. The molecule has 0 spiro atoms. The highest BCUT2D eigenvalue weighted by Gasteiger charge is 1.99. The smallest absolute Gasteiger partial charge is 0.160 e. The fraction of sp³-hybridized carbons (Fsp3) is 0.529. The molecule has 0 aliphatic heterocycles. The minimum absolute atomic E-state index is 0.126. The maximum absolute atomic E-state index is 5.09. The SMILES string of the molecule is CC/C=C\C/C=C\C/C=C\C/C=C\CC(OC)OC. The first-order valence-corrected chi connectivity index (χ1v) is 7.00. The standard InChI is InChI=1S/C17H28O2/c1-4-5-6-7-8-9-10-11-12-13-14-15-16-17(18-2)19-3/h5-6,8-9,11-12,14-15,17H,4,7,10,13,16H2,1-3H3/b6-5-,9-8-,12-11-,15-14-. The third-order valence-corrected chi connectivity index (χ3v) is 2.57. The van der Waals surface area contributed by atoms with Crippen LogP contribution in [0.1, 0.15) is 39.0 Å². The molecule has 0 heterocycles. The van der Waals surface area contributed by atoms with Gasteiger partial charge < -0.3 is 9.47 Å². The van der Waals surface area contributed by atoms with Crippen molar-refractivity contribution in [1.29, 1.82) is 0 Å². The van der Waals surface area contributed by atoms with Crippen LogP contribution in [0.2, 0.25) is 0 Å². The summed E-state index contributed by atoms with van der Waals surface area (Å²) < 4.78 is 10.2. The molecule has 0 aromatic rings. The van der Waals surface area contributed by atoms with Gasteiger partial charge >= 0.3 is 0 Å². The van der Waals surface area contributed by atoms with Crippen molar-refractivity contribution in [2.75, 3.05) is 14.2 Å². The Morgan fingerprint density at radius 1 is 0.684 bits per heavy atom. The normalized spacial score (nSPS) is 13.1. The van der Waals surface area contributed by atoms with Gasteiger partial charge in [-0.2, -0.15) is 0 Å². The lowest BCUT2D eigenvalue weighted by atomic mass is 10.2. The molecule has 0 aromatic heterocycles. The van der Waals surface area contributed by atoms with Crippen molar-refractivity contribution in [3.63, 3.8) is 0 Å². The van der Waals surface area contributed by atoms with Crippen LogP contribution >= 0.6 is 0 Å². The van der Waals surface area contributed by atoms with E-state index in [2.05, 4.69) is 55.5 Å². The van der Waals surface area contributed by atoms with Crippen LogP contribution in [0, 0.1) is 0 Å². The molecule has 0 aliphatic carbocycles. The number of hydrogen-bond donors (Lipinski definition) is 0. The summed E-state index contributed by atoms with van der Waals surface area (Å²) in [4.78, 5) is 0. The molecule has 0 N–H and O–H groups in total. The fourth-order valence-corrected chi connectivity index (χ4v) is 1.48. The second kappa shape index (κ2) is 14.9. The van der Waals surface area contributed by atoms with Gasteiger partial charge in [0.1, 0.15) is 0 Å². The van der Waals surface area contributed by atoms with Crippen LogP contribution in [0.4, 0.5) is 0 Å². The van der Waals surface area contributed by atoms with E-state index in [4.69, 9.17) is 9.47 Å². The second-order valence-electron chi connectivity index (χ2n) is 4.14. The van der Waals surface area contributed by atoms with Crippen molar-refractivity contribution in [2.24, 2.45) is 0 Å². The first-order chi connectivity index (χ1) is 9.35. The molecule has 19 heavy (non-hydrogen) atoms. The molecular weight excluding hydrogens is 236 g/mol. The molecule has 2 nitrogen and oxygen atoms in total. The largest absolute Gasteiger partial charge is 0.356 e. The monoisotopic (exact) mass is 264 g/mol. The van der Waals surface area contributed by atoms with E-state index in [1.54, 1.807) is 14.2 Å². The molecule has 0 radical (unpaired) electrons. The van der Waals surface area contributed by atoms with Gasteiger partial charge in [0.25, 0.3) is 0 Å². The molecule has 0 rings (SSSR count). The lowest BCUT2D eigenvalue weighted by Gasteiger charge is -2.09. The van der Waals surface area contributed by atoms with Gasteiger partial charge in [0, 0.05) is 20.6 Å². The topological polar surface area (TPSA) is 18.5 Å². The van der Waals surface area contributed by atoms with Crippen LogP contribution in [0.5, 0.6) is 0 Å². The first-order valence-electron chi connectivity index (χ1n) is 7.00. The molecule has 2 heteroatoms. The van der Waals surface area contributed by atoms with E-state index in [0.29, 0.717) is 0 Å². The first kappa shape index (κ1) is 17.9. The Balaban J connectivity index is 3.53. The summed E-state index contributed by atoms with van der Waals surface area (Å²) in [5.41, 5.74) is 0. The van der Waals surface area contributed by atoms with Gasteiger partial charge in [-0.15, -0.1) is 0 Å². The van der Waals surface area contributed by atoms with Gasteiger partial charge in [0.15, 0.2) is 6.29 Å². The average molecular weight is 264 g/mol. The van der Waals surface area contributed by atoms with E-state index in [1.165, 1.54) is 0 Å². The third-order valence-electron chi connectivity index (χ3n) is 2.57. The number of allylic oxidation sites excluding steroid dienone is 7. The summed E-state index contributed by atoms with van der Waals surface area (Å²) in [6, 6.07) is 0. The van der Waals surface area contributed by atoms with Gasteiger partial charge in [-0.1, -0.05) is 55.5 Å². The van der Waals surface area contributed by atoms with E-state index < -0.39 is 0 Å². The quantitative estimate of drug-likeness (QED) is 0.394. The number of rotatable bonds is 11. The second-order valence-corrected chi connectivity index (χ2v) is 4.14. The summed E-state index contributed by atoms with van der Waals surface area (Å²) in [5, 5.41) is 0. The minimum Gasteiger partial charge on any atom is -0.356 e. The van der Waals surface area contributed by atoms with Crippen molar-refractivity contribution in [1.82, 2.24) is 0 Å². The number of methoxy groups -OCH3 is 2. The maximum atomic E-state index is 5.09. The van der Waals surface area contributed by atoms with Gasteiger partial charge in [0.05, 0.1) is 0 Å². The van der Waals surface area contributed by atoms with Crippen LogP contribution < -0.4 is 0 Å². The summed E-state index contributed by atoms with van der Waals surface area (Å²) in [6.07, 6.45) is 22.2. The van der Waals surface area contributed by atoms with Crippen molar-refractivity contribution < 1.29 is 9.47 Å². The van der Waals surface area contributed by atoms with Gasteiger partial charge in [-0.25, -0.2) is 0 Å². The Kier molecular flexibility index (Phi) is 14.1. The molecule has 0 amide bonds. The highest BCUT2D eigenvalue weighted by molar-refractivity contribution is 4.99. The molecule has 0 saturated heterocycles. The van der Waals surface area contributed by atoms with Crippen LogP contribution in [0.25, 0.3) is 0 Å². The summed E-state index contributed by atoms with van der Waals surface area (Å²) in [5.74, 6) is 0. The highest BCUT2D eigenvalue weighted by atomic mass is 16.7. The third kappa shape index (κ3) is 13.1. The Morgan fingerprint density at radius 2 is 1.11 bits per heavy atom. The Hall–Kier alpha value is -1.12. The fourth-order valence-electron chi connectivity index (χ4n) is 1.48. The molecule has 0 saturated carbocycles. The zero-order chi connectivity index (χ0) is 14.2. The lowest BCUT2D eigenvalue weighted by Crippen LogP contribution is -2.10. The van der Waals surface area contributed by atoms with Crippen molar-refractivity contribution in [3.8, 4) is 0 Å². The Labute approximate surface area is 118 Å². The number of hydrogen-bond acceptors (Lipinski definition) is 2. The zero-order valence-electron chi connectivity index (χ0n) is 12.5. The molecule has 0 unspecified atom stereocenters. The van der Waals surface area contributed by atoms with Crippen LogP contribution in [-0.4, -0.2) is 20.5 Å². The number of ether oxygens (including phenoxy) is 2. The molecule has 108 valence electrons. The van der Waals surface area contributed by atoms with E-state index in [-0.39, 0.29) is 6.29 Å². The summed E-state index contributed by atoms with van der Waals surface area (Å²) in [6.45, 7) is 2.15. The van der Waals surface area contributed by atoms with Crippen LogP contribution in [-0.2, 0) is 9.47 Å². The molecular formula is C17H28O2. The maximum Gasteiger partial charge on any atom is 0.160 e. The summed E-state index contributed by atoms with van der Waals surface area (Å²) in [7, 11) is 3.31. The van der Waals surface area contributed by atoms with E-state index in [1.807, 2.05) is 0 Å². The summed E-state index contributed by atoms with van der Waals surface area (Å²) >= 11 is 0. The molecule has 0 aliphatic rings. The molecule has 0 aromatic carbocycles. The molecule has 0 fully saturated rings. The highest BCUT2D eigenvalue weighted by Crippen LogP contribution is 2.00. The van der Waals surface area contributed by atoms with E-state index >= 15 is 0 Å². The average Bonchev–Trinajstić information content (AvgIpc) is 2.44. The Morgan fingerprint density at radius 3 is 1.53 bits per heavy atom.